The zero-order chi connectivity index (χ0) is 64.7. The summed E-state index contributed by atoms with van der Waals surface area (Å²) >= 11 is 0. The lowest BCUT2D eigenvalue weighted by molar-refractivity contribution is -0.870. The van der Waals surface area contributed by atoms with Crippen molar-refractivity contribution < 1.29 is 42.9 Å². The fraction of sp³-hybridized carbons (Fsp3) is 0.812. The molecule has 0 bridgehead atoms. The van der Waals surface area contributed by atoms with Gasteiger partial charge in [-0.05, 0) is 64.2 Å². The van der Waals surface area contributed by atoms with Gasteiger partial charge < -0.3 is 28.5 Å². The van der Waals surface area contributed by atoms with E-state index < -0.39 is 18.4 Å². The van der Waals surface area contributed by atoms with E-state index in [0.29, 0.717) is 17.4 Å². The second-order valence-corrected chi connectivity index (χ2v) is 26.9. The van der Waals surface area contributed by atoms with Crippen LogP contribution >= 0.6 is 0 Å². The predicted octanol–water partition coefficient (Wildman–Crippen LogP) is 24.0. The van der Waals surface area contributed by atoms with Crippen LogP contribution in [0.5, 0.6) is 0 Å². The minimum absolute atomic E-state index is 0.176. The number of carboxylic acid groups (broad SMARTS) is 1. The lowest BCUT2D eigenvalue weighted by Crippen LogP contribution is -2.40. The van der Waals surface area contributed by atoms with Crippen LogP contribution in [0.25, 0.3) is 0 Å². The minimum atomic E-state index is -1.51. The number of nitrogens with zero attached hydrogens (tertiary/aromatic N) is 1. The van der Waals surface area contributed by atoms with E-state index >= 15 is 0 Å². The molecule has 0 aromatic rings. The molecule has 9 heteroatoms. The van der Waals surface area contributed by atoms with E-state index in [9.17, 15) is 19.5 Å². The van der Waals surface area contributed by atoms with Crippen molar-refractivity contribution in [1.29, 1.82) is 0 Å². The third kappa shape index (κ3) is 72.0. The molecule has 518 valence electrons. The van der Waals surface area contributed by atoms with Gasteiger partial charge in [-0.2, -0.15) is 0 Å². The van der Waals surface area contributed by atoms with Crippen LogP contribution in [0.3, 0.4) is 0 Å². The molecule has 89 heavy (non-hydrogen) atoms. The Bertz CT molecular complexity index is 1690. The number of ether oxygens (including phenoxy) is 4. The van der Waals surface area contributed by atoms with E-state index in [2.05, 4.69) is 86.8 Å². The smallest absolute Gasteiger partial charge is 0.361 e. The SMILES string of the molecule is CC/C=C\C/C=C\C/C=C\C/C=C\C/C=C\C/C=C\CCCCCCCCCCCCCCCCCCCCCCCCC(=O)OC(COC(=O)CCCCCCCCCCCCCCCCCCCCCCCCC)COC(OCC[N+](C)(C)C)C(=O)O. The summed E-state index contributed by atoms with van der Waals surface area (Å²) in [5, 5.41) is 9.76. The van der Waals surface area contributed by atoms with Crippen LogP contribution in [0.2, 0.25) is 0 Å². The zero-order valence-electron chi connectivity index (χ0n) is 59.3. The molecule has 0 aromatic heterocycles. The van der Waals surface area contributed by atoms with Crippen molar-refractivity contribution in [1.82, 2.24) is 0 Å². The number of aliphatic carboxylic acids is 1. The van der Waals surface area contributed by atoms with Crippen LogP contribution in [0.1, 0.15) is 361 Å². The van der Waals surface area contributed by atoms with Gasteiger partial charge in [0.25, 0.3) is 6.29 Å². The Morgan fingerprint density at radius 2 is 0.640 bits per heavy atom. The van der Waals surface area contributed by atoms with Crippen molar-refractivity contribution in [2.45, 2.75) is 373 Å². The van der Waals surface area contributed by atoms with Crippen LogP contribution < -0.4 is 0 Å². The van der Waals surface area contributed by atoms with E-state index in [0.717, 1.165) is 77.0 Å². The van der Waals surface area contributed by atoms with E-state index in [1.54, 1.807) is 0 Å². The molecule has 0 radical (unpaired) electrons. The lowest BCUT2D eigenvalue weighted by Gasteiger charge is -2.25. The highest BCUT2D eigenvalue weighted by molar-refractivity contribution is 5.71. The topological polar surface area (TPSA) is 108 Å². The number of likely N-dealkylation sites (N-methyl/N-ethyl adjacent to an activating group) is 1. The average Bonchev–Trinajstić information content (AvgIpc) is 3.64. The van der Waals surface area contributed by atoms with Crippen molar-refractivity contribution >= 4 is 17.9 Å². The molecule has 0 aromatic carbocycles. The van der Waals surface area contributed by atoms with Gasteiger partial charge in [-0.15, -0.1) is 0 Å². The molecular weight excluding hydrogens is 1100 g/mol. The van der Waals surface area contributed by atoms with E-state index in [1.807, 2.05) is 21.1 Å². The van der Waals surface area contributed by atoms with E-state index in [4.69, 9.17) is 18.9 Å². The Morgan fingerprint density at radius 1 is 0.348 bits per heavy atom. The molecule has 0 amide bonds. The van der Waals surface area contributed by atoms with Gasteiger partial charge in [-0.3, -0.25) is 9.59 Å². The minimum Gasteiger partial charge on any atom is -0.477 e. The summed E-state index contributed by atoms with van der Waals surface area (Å²) in [6.45, 7) is 4.83. The molecule has 0 heterocycles. The molecule has 0 saturated carbocycles. The van der Waals surface area contributed by atoms with Crippen LogP contribution in [0.15, 0.2) is 72.9 Å². The number of rotatable bonds is 71. The first-order valence-electron chi connectivity index (χ1n) is 38.1. The van der Waals surface area contributed by atoms with E-state index in [-0.39, 0.29) is 38.2 Å². The fourth-order valence-corrected chi connectivity index (χ4v) is 11.2. The maximum absolute atomic E-state index is 13.0. The van der Waals surface area contributed by atoms with Crippen molar-refractivity contribution in [3.8, 4) is 0 Å². The number of hydrogen-bond acceptors (Lipinski definition) is 7. The number of unbranched alkanes of at least 4 members (excludes halogenated alkanes) is 44. The van der Waals surface area contributed by atoms with Gasteiger partial charge in [0.1, 0.15) is 13.2 Å². The molecule has 0 rings (SSSR count). The number of carbonyl (C=O) groups excluding carboxylic acids is 2. The molecule has 1 N–H and O–H groups in total. The van der Waals surface area contributed by atoms with Crippen LogP contribution in [-0.4, -0.2) is 87.4 Å². The normalized spacial score (nSPS) is 13.0. The first kappa shape index (κ1) is 85.7. The Morgan fingerprint density at radius 3 is 0.955 bits per heavy atom. The second-order valence-electron chi connectivity index (χ2n) is 26.9. The van der Waals surface area contributed by atoms with Crippen molar-refractivity contribution in [3.63, 3.8) is 0 Å². The summed E-state index contributed by atoms with van der Waals surface area (Å²) < 4.78 is 23.0. The van der Waals surface area contributed by atoms with Gasteiger partial charge >= 0.3 is 17.9 Å². The predicted molar refractivity (Wildman–Crippen MR) is 383 cm³/mol. The number of carbonyl (C=O) groups is 3. The molecular formula is C80H146NO8+. The van der Waals surface area contributed by atoms with E-state index in [1.165, 1.54) is 257 Å². The first-order valence-corrected chi connectivity index (χ1v) is 38.1. The maximum atomic E-state index is 13.0. The summed E-state index contributed by atoms with van der Waals surface area (Å²) in [5.41, 5.74) is 0. The summed E-state index contributed by atoms with van der Waals surface area (Å²) in [7, 11) is 5.99. The molecule has 9 nitrogen and oxygen atoms in total. The summed E-state index contributed by atoms with van der Waals surface area (Å²) in [6.07, 6.45) is 91.9. The van der Waals surface area contributed by atoms with Crippen LogP contribution in [-0.2, 0) is 33.3 Å². The fourth-order valence-electron chi connectivity index (χ4n) is 11.2. The summed E-state index contributed by atoms with van der Waals surface area (Å²) in [6, 6.07) is 0. The van der Waals surface area contributed by atoms with Crippen molar-refractivity contribution in [2.24, 2.45) is 0 Å². The zero-order valence-corrected chi connectivity index (χ0v) is 59.3. The Kier molecular flexibility index (Phi) is 68.0. The highest BCUT2D eigenvalue weighted by atomic mass is 16.7. The number of carboxylic acids is 1. The van der Waals surface area contributed by atoms with Gasteiger partial charge in [0, 0.05) is 12.8 Å². The maximum Gasteiger partial charge on any atom is 0.361 e. The highest BCUT2D eigenvalue weighted by Gasteiger charge is 2.25. The van der Waals surface area contributed by atoms with Crippen molar-refractivity contribution in [3.05, 3.63) is 72.9 Å². The highest BCUT2D eigenvalue weighted by Crippen LogP contribution is 2.19. The van der Waals surface area contributed by atoms with Gasteiger partial charge in [-0.1, -0.05) is 356 Å². The van der Waals surface area contributed by atoms with Gasteiger partial charge in [0.2, 0.25) is 0 Å². The Hall–Kier alpha value is -3.27. The summed E-state index contributed by atoms with van der Waals surface area (Å²) in [4.78, 5) is 37.7. The number of esters is 2. The third-order valence-electron chi connectivity index (χ3n) is 17.0. The number of quaternary nitrogens is 1. The van der Waals surface area contributed by atoms with Crippen molar-refractivity contribution in [2.75, 3.05) is 47.5 Å². The van der Waals surface area contributed by atoms with Gasteiger partial charge in [0.15, 0.2) is 6.10 Å². The molecule has 0 aliphatic heterocycles. The average molecular weight is 1250 g/mol. The molecule has 0 spiro atoms. The molecule has 0 aliphatic rings. The molecule has 0 aliphatic carbocycles. The number of hydrogen-bond donors (Lipinski definition) is 1. The van der Waals surface area contributed by atoms with Crippen LogP contribution in [0, 0.1) is 0 Å². The molecule has 0 fully saturated rings. The summed E-state index contributed by atoms with van der Waals surface area (Å²) in [5.74, 6) is -1.98. The molecule has 2 atom stereocenters. The van der Waals surface area contributed by atoms with Crippen LogP contribution in [0.4, 0.5) is 0 Å². The first-order chi connectivity index (χ1) is 43.6. The Balaban J connectivity index is 3.97. The van der Waals surface area contributed by atoms with Gasteiger partial charge in [0.05, 0.1) is 34.4 Å². The largest absolute Gasteiger partial charge is 0.477 e. The number of allylic oxidation sites excluding steroid dienone is 12. The molecule has 2 unspecified atom stereocenters. The van der Waals surface area contributed by atoms with Gasteiger partial charge in [-0.25, -0.2) is 4.79 Å². The molecule has 0 saturated heterocycles. The quantitative estimate of drug-likeness (QED) is 0.0211. The second kappa shape index (κ2) is 70.6. The third-order valence-corrected chi connectivity index (χ3v) is 17.0. The lowest BCUT2D eigenvalue weighted by atomic mass is 10.0. The standard InChI is InChI=1S/C80H145NO8/c1-6-8-10-12-14-16-18-20-22-24-26-28-30-31-32-33-34-35-36-37-38-39-40-41-42-43-44-45-46-47-49-51-53-55-57-59-61-63-65-67-69-71-78(83)89-76(75-88-80(79(84)85)86-73-72-81(3,4)5)74-87-77(82)70-68-66-64-62-60-58-56-54-52-50-48-29-27-25-23-21-19-17-15-13-11-9-7-2/h8,10,14,16,20,22,26,28,31-32,34-35,76,80H,6-7,9,11-13,15,17-19,21,23-25,27,29-30,33,36-75H2,1-5H3/p+1/b10-8-,16-14-,22-20-,28-26-,32-31-,35-34-. The Labute approximate surface area is 551 Å². The monoisotopic (exact) mass is 1250 g/mol.